The number of thiocarbonyl (C=S) groups is 1. The second kappa shape index (κ2) is 8.38. The number of carbonyl (C=O) groups is 2. The molecule has 1 aromatic heterocycles. The number of esters is 1. The van der Waals surface area contributed by atoms with Crippen LogP contribution in [0.5, 0.6) is 11.5 Å². The average Bonchev–Trinajstić information content (AvgIpc) is 3.28. The van der Waals surface area contributed by atoms with E-state index in [2.05, 4.69) is 10.6 Å². The Morgan fingerprint density at radius 1 is 1.21 bits per heavy atom. The lowest BCUT2D eigenvalue weighted by Gasteiger charge is -2.18. The Hall–Kier alpha value is -2.65. The van der Waals surface area contributed by atoms with Gasteiger partial charge in [0.15, 0.2) is 16.6 Å². The van der Waals surface area contributed by atoms with E-state index in [0.29, 0.717) is 47.4 Å². The van der Waals surface area contributed by atoms with E-state index in [-0.39, 0.29) is 17.0 Å². The Kier molecular flexibility index (Phi) is 5.68. The van der Waals surface area contributed by atoms with Crippen LogP contribution in [-0.2, 0) is 17.6 Å². The van der Waals surface area contributed by atoms with Crippen LogP contribution in [0.4, 0.5) is 5.00 Å². The van der Waals surface area contributed by atoms with E-state index in [1.807, 2.05) is 0 Å². The molecular formula is C20H20N2O5S2. The van der Waals surface area contributed by atoms with Crippen LogP contribution in [-0.4, -0.2) is 36.8 Å². The van der Waals surface area contributed by atoms with Crippen LogP contribution in [0.2, 0.25) is 0 Å². The summed E-state index contributed by atoms with van der Waals surface area (Å²) in [4.78, 5) is 26.2. The lowest BCUT2D eigenvalue weighted by molar-refractivity contribution is 0.0527. The standard InChI is InChI=1S/C20H20N2O5S2/c1-2-25-19(24)16-12-4-3-5-15(12)29-18(16)22-20(28)21-17(23)11-6-7-13-14(10-11)27-9-8-26-13/h6-7,10H,2-5,8-9H2,1H3,(H2,21,22,23,28). The Bertz CT molecular complexity index is 985. The molecule has 9 heteroatoms. The normalized spacial score (nSPS) is 14.1. The van der Waals surface area contributed by atoms with Crippen LogP contribution in [0.15, 0.2) is 18.2 Å². The number of anilines is 1. The van der Waals surface area contributed by atoms with E-state index in [1.54, 1.807) is 25.1 Å². The van der Waals surface area contributed by atoms with Gasteiger partial charge >= 0.3 is 5.97 Å². The molecular weight excluding hydrogens is 412 g/mol. The number of hydrogen-bond acceptors (Lipinski definition) is 7. The van der Waals surface area contributed by atoms with Gasteiger partial charge in [0.1, 0.15) is 18.2 Å². The van der Waals surface area contributed by atoms with Crippen LogP contribution in [0.3, 0.4) is 0 Å². The second-order valence-electron chi connectivity index (χ2n) is 6.55. The molecule has 1 aromatic carbocycles. The molecule has 0 unspecified atom stereocenters. The molecule has 0 atom stereocenters. The smallest absolute Gasteiger partial charge is 0.341 e. The molecule has 2 heterocycles. The quantitative estimate of drug-likeness (QED) is 0.566. The van der Waals surface area contributed by atoms with Gasteiger partial charge in [-0.25, -0.2) is 4.79 Å². The van der Waals surface area contributed by atoms with E-state index in [0.717, 1.165) is 29.7 Å². The summed E-state index contributed by atoms with van der Waals surface area (Å²) in [5.41, 5.74) is 1.95. The highest BCUT2D eigenvalue weighted by Gasteiger charge is 2.28. The summed E-state index contributed by atoms with van der Waals surface area (Å²) >= 11 is 6.79. The minimum Gasteiger partial charge on any atom is -0.486 e. The monoisotopic (exact) mass is 432 g/mol. The highest BCUT2D eigenvalue weighted by Crippen LogP contribution is 2.39. The van der Waals surface area contributed by atoms with Gasteiger partial charge in [0.25, 0.3) is 5.91 Å². The third-order valence-corrected chi connectivity index (χ3v) is 6.07. The van der Waals surface area contributed by atoms with E-state index in [1.165, 1.54) is 11.3 Å². The summed E-state index contributed by atoms with van der Waals surface area (Å²) in [6.07, 6.45) is 2.81. The molecule has 0 saturated heterocycles. The first kappa shape index (κ1) is 19.7. The van der Waals surface area contributed by atoms with Crippen molar-refractivity contribution in [1.82, 2.24) is 5.32 Å². The van der Waals surface area contributed by atoms with Gasteiger partial charge in [-0.2, -0.15) is 0 Å². The summed E-state index contributed by atoms with van der Waals surface area (Å²) < 4.78 is 16.2. The number of benzene rings is 1. The third-order valence-electron chi connectivity index (χ3n) is 4.66. The van der Waals surface area contributed by atoms with Gasteiger partial charge in [-0.15, -0.1) is 11.3 Å². The molecule has 0 spiro atoms. The number of thiophene rings is 1. The number of nitrogens with one attached hydrogen (secondary N) is 2. The number of fused-ring (bicyclic) bond motifs is 2. The number of aryl methyl sites for hydroxylation is 1. The summed E-state index contributed by atoms with van der Waals surface area (Å²) in [5, 5.41) is 6.39. The highest BCUT2D eigenvalue weighted by atomic mass is 32.1. The molecule has 0 radical (unpaired) electrons. The van der Waals surface area contributed by atoms with Crippen LogP contribution >= 0.6 is 23.6 Å². The van der Waals surface area contributed by atoms with Gasteiger partial charge in [0.05, 0.1) is 12.2 Å². The second-order valence-corrected chi connectivity index (χ2v) is 8.06. The molecule has 2 aliphatic rings. The van der Waals surface area contributed by atoms with Crippen molar-refractivity contribution in [3.05, 3.63) is 39.8 Å². The minimum absolute atomic E-state index is 0.121. The topological polar surface area (TPSA) is 85.9 Å². The summed E-state index contributed by atoms with van der Waals surface area (Å²) in [5.74, 6) is 0.402. The average molecular weight is 433 g/mol. The molecule has 0 bridgehead atoms. The molecule has 2 aromatic rings. The Morgan fingerprint density at radius 2 is 2.00 bits per heavy atom. The van der Waals surface area contributed by atoms with Gasteiger partial charge in [-0.05, 0) is 62.2 Å². The molecule has 1 aliphatic carbocycles. The van der Waals surface area contributed by atoms with Crippen molar-refractivity contribution >= 4 is 45.5 Å². The summed E-state index contributed by atoms with van der Waals surface area (Å²) in [7, 11) is 0. The SMILES string of the molecule is CCOC(=O)c1c(NC(=S)NC(=O)c2ccc3c(c2)OCCO3)sc2c1CCC2. The third kappa shape index (κ3) is 4.06. The first-order valence-corrected chi connectivity index (χ1v) is 10.6. The van der Waals surface area contributed by atoms with E-state index in [4.69, 9.17) is 26.4 Å². The van der Waals surface area contributed by atoms with E-state index < -0.39 is 0 Å². The number of amides is 1. The fraction of sp³-hybridized carbons (Fsp3) is 0.350. The van der Waals surface area contributed by atoms with Crippen molar-refractivity contribution in [3.63, 3.8) is 0 Å². The lowest BCUT2D eigenvalue weighted by Crippen LogP contribution is -2.34. The number of carbonyl (C=O) groups excluding carboxylic acids is 2. The maximum Gasteiger partial charge on any atom is 0.341 e. The zero-order chi connectivity index (χ0) is 20.4. The fourth-order valence-corrected chi connectivity index (χ4v) is 4.95. The molecule has 1 aliphatic heterocycles. The van der Waals surface area contributed by atoms with Crippen molar-refractivity contribution in [3.8, 4) is 11.5 Å². The zero-order valence-corrected chi connectivity index (χ0v) is 17.5. The molecule has 0 saturated carbocycles. The number of rotatable bonds is 4. The first-order valence-electron chi connectivity index (χ1n) is 9.40. The fourth-order valence-electron chi connectivity index (χ4n) is 3.41. The lowest BCUT2D eigenvalue weighted by atomic mass is 10.1. The van der Waals surface area contributed by atoms with Crippen molar-refractivity contribution in [2.75, 3.05) is 25.1 Å². The molecule has 29 heavy (non-hydrogen) atoms. The molecule has 152 valence electrons. The number of hydrogen-bond donors (Lipinski definition) is 2. The highest BCUT2D eigenvalue weighted by molar-refractivity contribution is 7.80. The molecule has 7 nitrogen and oxygen atoms in total. The summed E-state index contributed by atoms with van der Waals surface area (Å²) in [6.45, 7) is 3.00. The largest absolute Gasteiger partial charge is 0.486 e. The zero-order valence-electron chi connectivity index (χ0n) is 15.8. The van der Waals surface area contributed by atoms with E-state index in [9.17, 15) is 9.59 Å². The van der Waals surface area contributed by atoms with Crippen LogP contribution in [0.25, 0.3) is 0 Å². The maximum absolute atomic E-state index is 12.6. The van der Waals surface area contributed by atoms with Gasteiger partial charge in [-0.1, -0.05) is 0 Å². The first-order chi connectivity index (χ1) is 14.1. The van der Waals surface area contributed by atoms with Gasteiger partial charge < -0.3 is 19.5 Å². The van der Waals surface area contributed by atoms with Crippen molar-refractivity contribution in [1.29, 1.82) is 0 Å². The number of ether oxygens (including phenoxy) is 3. The molecule has 4 rings (SSSR count). The molecule has 2 N–H and O–H groups in total. The predicted molar refractivity (Wildman–Crippen MR) is 113 cm³/mol. The van der Waals surface area contributed by atoms with Crippen molar-refractivity contribution in [2.24, 2.45) is 0 Å². The van der Waals surface area contributed by atoms with Gasteiger partial charge in [0.2, 0.25) is 0 Å². The Labute approximate surface area is 177 Å². The van der Waals surface area contributed by atoms with Gasteiger partial charge in [-0.3, -0.25) is 10.1 Å². The molecule has 0 fully saturated rings. The summed E-state index contributed by atoms with van der Waals surface area (Å²) in [6, 6.07) is 4.97. The molecule has 1 amide bonds. The predicted octanol–water partition coefficient (Wildman–Crippen LogP) is 3.31. The van der Waals surface area contributed by atoms with E-state index >= 15 is 0 Å². The van der Waals surface area contributed by atoms with Gasteiger partial charge in [0, 0.05) is 10.4 Å². The van der Waals surface area contributed by atoms with Crippen LogP contribution in [0.1, 0.15) is 44.5 Å². The maximum atomic E-state index is 12.6. The minimum atomic E-state index is -0.374. The van der Waals surface area contributed by atoms with Crippen molar-refractivity contribution < 1.29 is 23.8 Å². The van der Waals surface area contributed by atoms with Crippen LogP contribution < -0.4 is 20.1 Å². The van der Waals surface area contributed by atoms with Crippen molar-refractivity contribution in [2.45, 2.75) is 26.2 Å². The Morgan fingerprint density at radius 3 is 2.79 bits per heavy atom. The Balaban J connectivity index is 1.47. The van der Waals surface area contributed by atoms with Crippen LogP contribution in [0, 0.1) is 0 Å².